The van der Waals surface area contributed by atoms with Gasteiger partial charge in [0.05, 0.1) is 6.54 Å². The van der Waals surface area contributed by atoms with Crippen LogP contribution < -0.4 is 16.0 Å². The molecule has 0 saturated carbocycles. The molecule has 3 N–H and O–H groups in total. The van der Waals surface area contributed by atoms with Gasteiger partial charge >= 0.3 is 6.03 Å². The highest BCUT2D eigenvalue weighted by Gasteiger charge is 2.27. The molecule has 0 atom stereocenters. The number of rotatable bonds is 8. The number of hydrogen-bond donors (Lipinski definition) is 3. The number of urea groups is 1. The summed E-state index contributed by atoms with van der Waals surface area (Å²) in [5.41, 5.74) is 1.69. The van der Waals surface area contributed by atoms with Crippen LogP contribution in [0.2, 0.25) is 0 Å². The largest absolute Gasteiger partial charge is 0.357 e. The molecule has 0 aromatic heterocycles. The topological polar surface area (TPSA) is 106 Å². The molecule has 0 unspecified atom stereocenters. The molecule has 152 valence electrons. The lowest BCUT2D eigenvalue weighted by Gasteiger charge is -2.15. The van der Waals surface area contributed by atoms with E-state index in [-0.39, 0.29) is 30.9 Å². The summed E-state index contributed by atoms with van der Waals surface area (Å²) in [6.07, 6.45) is 0.693. The van der Waals surface area contributed by atoms with Gasteiger partial charge in [0, 0.05) is 45.8 Å². The molecular weight excluding hydrogens is 360 g/mol. The summed E-state index contributed by atoms with van der Waals surface area (Å²) < 4.78 is 0. The number of guanidine groups is 1. The molecule has 1 aromatic rings. The summed E-state index contributed by atoms with van der Waals surface area (Å²) in [4.78, 5) is 42.4. The van der Waals surface area contributed by atoms with E-state index in [0.29, 0.717) is 37.6 Å². The van der Waals surface area contributed by atoms with Crippen molar-refractivity contribution >= 4 is 23.8 Å². The highest BCUT2D eigenvalue weighted by molar-refractivity contribution is 6.02. The average molecular weight is 388 g/mol. The van der Waals surface area contributed by atoms with Crippen LogP contribution in [0.5, 0.6) is 0 Å². The first kappa shape index (κ1) is 21.2. The zero-order valence-electron chi connectivity index (χ0n) is 16.6. The third-order valence-electron chi connectivity index (χ3n) is 4.16. The van der Waals surface area contributed by atoms with Crippen LogP contribution in [0.3, 0.4) is 0 Å². The van der Waals surface area contributed by atoms with Crippen molar-refractivity contribution in [3.63, 3.8) is 0 Å². The van der Waals surface area contributed by atoms with Crippen LogP contribution in [0.25, 0.3) is 0 Å². The second kappa shape index (κ2) is 10.3. The molecule has 0 radical (unpaired) electrons. The van der Waals surface area contributed by atoms with Crippen molar-refractivity contribution < 1.29 is 14.4 Å². The SMILES string of the molecule is CCNC(=NCCc1cccc(C(=O)N(C)C)c1)NCCN1C(=O)CNC1=O. The summed E-state index contributed by atoms with van der Waals surface area (Å²) in [6.45, 7) is 3.95. The van der Waals surface area contributed by atoms with Gasteiger partial charge in [-0.2, -0.15) is 0 Å². The highest BCUT2D eigenvalue weighted by Crippen LogP contribution is 2.08. The summed E-state index contributed by atoms with van der Waals surface area (Å²) in [7, 11) is 3.46. The lowest BCUT2D eigenvalue weighted by molar-refractivity contribution is -0.124. The van der Waals surface area contributed by atoms with Gasteiger partial charge in [-0.05, 0) is 31.0 Å². The molecule has 1 aromatic carbocycles. The number of nitrogens with zero attached hydrogens (tertiary/aromatic N) is 3. The minimum absolute atomic E-state index is 0.0270. The Bertz CT molecular complexity index is 731. The number of hydrogen-bond acceptors (Lipinski definition) is 4. The van der Waals surface area contributed by atoms with Crippen LogP contribution >= 0.6 is 0 Å². The molecule has 2 rings (SSSR count). The maximum absolute atomic E-state index is 12.1. The summed E-state index contributed by atoms with van der Waals surface area (Å²) in [5.74, 6) is 0.372. The molecule has 1 aliphatic rings. The van der Waals surface area contributed by atoms with Gasteiger partial charge in [-0.1, -0.05) is 12.1 Å². The van der Waals surface area contributed by atoms with Gasteiger partial charge in [0.2, 0.25) is 5.91 Å². The summed E-state index contributed by atoms with van der Waals surface area (Å²) in [6, 6.07) is 7.17. The molecule has 1 fully saturated rings. The van der Waals surface area contributed by atoms with Crippen molar-refractivity contribution in [2.24, 2.45) is 4.99 Å². The zero-order valence-corrected chi connectivity index (χ0v) is 16.6. The summed E-state index contributed by atoms with van der Waals surface area (Å²) >= 11 is 0. The molecule has 1 heterocycles. The minimum atomic E-state index is -0.360. The molecule has 1 aliphatic heterocycles. The van der Waals surface area contributed by atoms with E-state index < -0.39 is 0 Å². The van der Waals surface area contributed by atoms with Gasteiger partial charge < -0.3 is 20.9 Å². The number of amides is 4. The van der Waals surface area contributed by atoms with Crippen molar-refractivity contribution in [1.29, 1.82) is 0 Å². The van der Waals surface area contributed by atoms with Crippen molar-refractivity contribution in [2.75, 3.05) is 46.8 Å². The maximum atomic E-state index is 12.1. The van der Waals surface area contributed by atoms with Crippen LogP contribution in [-0.2, 0) is 11.2 Å². The van der Waals surface area contributed by atoms with Crippen LogP contribution in [0.4, 0.5) is 4.79 Å². The van der Waals surface area contributed by atoms with Gasteiger partial charge in [0.1, 0.15) is 0 Å². The Kier molecular flexibility index (Phi) is 7.79. The molecule has 0 spiro atoms. The van der Waals surface area contributed by atoms with E-state index in [1.165, 1.54) is 4.90 Å². The van der Waals surface area contributed by atoms with Gasteiger partial charge in [0.15, 0.2) is 5.96 Å². The van der Waals surface area contributed by atoms with E-state index in [1.807, 2.05) is 25.1 Å². The molecule has 1 saturated heterocycles. The predicted molar refractivity (Wildman–Crippen MR) is 107 cm³/mol. The molecule has 0 bridgehead atoms. The number of carbonyl (C=O) groups excluding carboxylic acids is 3. The predicted octanol–water partition coefficient (Wildman–Crippen LogP) is 0.0378. The van der Waals surface area contributed by atoms with Gasteiger partial charge in [0.25, 0.3) is 5.91 Å². The van der Waals surface area contributed by atoms with Crippen LogP contribution in [0, 0.1) is 0 Å². The van der Waals surface area contributed by atoms with Crippen molar-refractivity contribution in [3.05, 3.63) is 35.4 Å². The van der Waals surface area contributed by atoms with Gasteiger partial charge in [-0.25, -0.2) is 4.79 Å². The Morgan fingerprint density at radius 2 is 2.07 bits per heavy atom. The second-order valence-electron chi connectivity index (χ2n) is 6.54. The van der Waals surface area contributed by atoms with Gasteiger partial charge in [-0.3, -0.25) is 19.5 Å². The van der Waals surface area contributed by atoms with Crippen LogP contribution in [0.1, 0.15) is 22.8 Å². The monoisotopic (exact) mass is 388 g/mol. The molecule has 9 nitrogen and oxygen atoms in total. The number of nitrogens with one attached hydrogen (secondary N) is 3. The van der Waals surface area contributed by atoms with Crippen molar-refractivity contribution in [1.82, 2.24) is 25.8 Å². The Morgan fingerprint density at radius 3 is 2.71 bits per heavy atom. The summed E-state index contributed by atoms with van der Waals surface area (Å²) in [5, 5.41) is 8.75. The Labute approximate surface area is 165 Å². The first-order valence-corrected chi connectivity index (χ1v) is 9.33. The standard InChI is InChI=1S/C19H28N6O3/c1-4-20-18(22-10-11-25-16(26)13-23-19(25)28)21-9-8-14-6-5-7-15(12-14)17(27)24(2)3/h5-7,12H,4,8-11,13H2,1-3H3,(H,23,28)(H2,20,21,22). The van der Waals surface area contributed by atoms with Crippen molar-refractivity contribution in [3.8, 4) is 0 Å². The van der Waals surface area contributed by atoms with E-state index in [1.54, 1.807) is 25.1 Å². The number of carbonyl (C=O) groups is 3. The molecule has 0 aliphatic carbocycles. The lowest BCUT2D eigenvalue weighted by atomic mass is 10.1. The average Bonchev–Trinajstić information content (AvgIpc) is 2.99. The Morgan fingerprint density at radius 1 is 1.29 bits per heavy atom. The maximum Gasteiger partial charge on any atom is 0.324 e. The van der Waals surface area contributed by atoms with E-state index in [0.717, 1.165) is 5.56 Å². The number of benzene rings is 1. The lowest BCUT2D eigenvalue weighted by Crippen LogP contribution is -2.43. The van der Waals surface area contributed by atoms with E-state index in [4.69, 9.17) is 0 Å². The zero-order chi connectivity index (χ0) is 20.5. The van der Waals surface area contributed by atoms with E-state index >= 15 is 0 Å². The minimum Gasteiger partial charge on any atom is -0.357 e. The first-order chi connectivity index (χ1) is 13.4. The molecular formula is C19H28N6O3. The van der Waals surface area contributed by atoms with E-state index in [9.17, 15) is 14.4 Å². The highest BCUT2D eigenvalue weighted by atomic mass is 16.2. The smallest absolute Gasteiger partial charge is 0.324 e. The Hall–Kier alpha value is -3.10. The normalized spacial score (nSPS) is 14.1. The third kappa shape index (κ3) is 5.97. The quantitative estimate of drug-likeness (QED) is 0.331. The molecule has 9 heteroatoms. The fourth-order valence-corrected chi connectivity index (χ4v) is 2.72. The third-order valence-corrected chi connectivity index (χ3v) is 4.16. The van der Waals surface area contributed by atoms with Gasteiger partial charge in [-0.15, -0.1) is 0 Å². The number of aliphatic imine (C=N–C) groups is 1. The second-order valence-corrected chi connectivity index (χ2v) is 6.54. The molecule has 4 amide bonds. The number of imide groups is 1. The molecule has 28 heavy (non-hydrogen) atoms. The Balaban J connectivity index is 1.87. The van der Waals surface area contributed by atoms with Crippen LogP contribution in [0.15, 0.2) is 29.3 Å². The first-order valence-electron chi connectivity index (χ1n) is 9.33. The fraction of sp³-hybridized carbons (Fsp3) is 0.474. The fourth-order valence-electron chi connectivity index (χ4n) is 2.72. The van der Waals surface area contributed by atoms with Crippen LogP contribution in [-0.4, -0.2) is 80.4 Å². The van der Waals surface area contributed by atoms with E-state index in [2.05, 4.69) is 20.9 Å². The van der Waals surface area contributed by atoms with Crippen molar-refractivity contribution in [2.45, 2.75) is 13.3 Å².